The molecule has 0 saturated carbocycles. The first-order valence-corrected chi connectivity index (χ1v) is 11.1. The average molecular weight is 393 g/mol. The number of thiophene rings is 1. The maximum atomic E-state index is 12.2. The summed E-state index contributed by atoms with van der Waals surface area (Å²) in [5.74, 6) is 0.731. The van der Waals surface area contributed by atoms with Crippen molar-refractivity contribution in [1.82, 2.24) is 10.2 Å². The van der Waals surface area contributed by atoms with Gasteiger partial charge in [0.2, 0.25) is 5.91 Å². The molecule has 1 aromatic heterocycles. The van der Waals surface area contributed by atoms with Crippen LogP contribution < -0.4 is 5.32 Å². The van der Waals surface area contributed by atoms with Gasteiger partial charge in [0.25, 0.3) is 0 Å². The molecular weight excluding hydrogens is 364 g/mol. The summed E-state index contributed by atoms with van der Waals surface area (Å²) in [5, 5.41) is 4.51. The lowest BCUT2D eigenvalue weighted by atomic mass is 9.98. The van der Waals surface area contributed by atoms with Crippen LogP contribution in [0, 0.1) is 5.92 Å². The average Bonchev–Trinajstić information content (AvgIpc) is 3.14. The first-order valence-electron chi connectivity index (χ1n) is 10.3. The summed E-state index contributed by atoms with van der Waals surface area (Å²) in [6, 6.07) is 21.2. The number of hydrogen-bond donors (Lipinski definition) is 1. The van der Waals surface area contributed by atoms with E-state index in [0.29, 0.717) is 12.3 Å². The van der Waals surface area contributed by atoms with E-state index in [2.05, 4.69) is 52.7 Å². The van der Waals surface area contributed by atoms with Crippen LogP contribution in [0.5, 0.6) is 0 Å². The number of aryl methyl sites for hydroxylation is 1. The van der Waals surface area contributed by atoms with Crippen molar-refractivity contribution in [2.45, 2.75) is 32.2 Å². The largest absolute Gasteiger partial charge is 0.356 e. The van der Waals surface area contributed by atoms with Gasteiger partial charge in [-0.1, -0.05) is 48.5 Å². The van der Waals surface area contributed by atoms with E-state index in [0.717, 1.165) is 32.6 Å². The lowest BCUT2D eigenvalue weighted by Crippen LogP contribution is -2.40. The molecule has 1 aliphatic rings. The second kappa shape index (κ2) is 9.35. The van der Waals surface area contributed by atoms with Crippen LogP contribution in [-0.2, 0) is 17.8 Å². The van der Waals surface area contributed by atoms with Crippen molar-refractivity contribution in [1.29, 1.82) is 0 Å². The van der Waals surface area contributed by atoms with Crippen LogP contribution in [0.1, 0.15) is 29.7 Å². The Balaban J connectivity index is 1.22. The summed E-state index contributed by atoms with van der Waals surface area (Å²) < 4.78 is 1.37. The number of carbonyl (C=O) groups excluding carboxylic acids is 1. The normalized spacial score (nSPS) is 17.6. The molecule has 1 atom stereocenters. The third kappa shape index (κ3) is 5.21. The van der Waals surface area contributed by atoms with Crippen LogP contribution in [0.15, 0.2) is 60.7 Å². The summed E-state index contributed by atoms with van der Waals surface area (Å²) in [6.45, 7) is 4.06. The van der Waals surface area contributed by atoms with Crippen LogP contribution in [0.4, 0.5) is 0 Å². The standard InChI is InChI=1S/C24H28N2OS/c27-24(13-12-19-7-2-1-3-8-19)25-16-20-9-6-14-26(17-20)18-22-15-21-10-4-5-11-23(21)28-22/h1-5,7-8,10-11,15,20H,6,9,12-14,16-18H2,(H,25,27). The minimum absolute atomic E-state index is 0.172. The van der Waals surface area contributed by atoms with Gasteiger partial charge in [-0.15, -0.1) is 11.3 Å². The van der Waals surface area contributed by atoms with Gasteiger partial charge in [0, 0.05) is 35.6 Å². The molecule has 146 valence electrons. The molecule has 0 aliphatic carbocycles. The third-order valence-electron chi connectivity index (χ3n) is 5.53. The van der Waals surface area contributed by atoms with Gasteiger partial charge in [0.05, 0.1) is 0 Å². The zero-order chi connectivity index (χ0) is 19.2. The van der Waals surface area contributed by atoms with E-state index in [-0.39, 0.29) is 5.91 Å². The van der Waals surface area contributed by atoms with Crippen molar-refractivity contribution in [3.63, 3.8) is 0 Å². The number of amides is 1. The monoisotopic (exact) mass is 392 g/mol. The molecule has 1 aliphatic heterocycles. The topological polar surface area (TPSA) is 32.3 Å². The maximum absolute atomic E-state index is 12.2. The summed E-state index contributed by atoms with van der Waals surface area (Å²) in [4.78, 5) is 16.2. The molecule has 1 fully saturated rings. The van der Waals surface area contributed by atoms with E-state index in [4.69, 9.17) is 0 Å². The van der Waals surface area contributed by atoms with Gasteiger partial charge in [-0.25, -0.2) is 0 Å². The Kier molecular flexibility index (Phi) is 6.40. The van der Waals surface area contributed by atoms with E-state index >= 15 is 0 Å². The Bertz CT molecular complexity index is 872. The highest BCUT2D eigenvalue weighted by Gasteiger charge is 2.21. The van der Waals surface area contributed by atoms with Crippen molar-refractivity contribution in [2.24, 2.45) is 5.92 Å². The fourth-order valence-electron chi connectivity index (χ4n) is 4.05. The van der Waals surface area contributed by atoms with Crippen molar-refractivity contribution in [2.75, 3.05) is 19.6 Å². The highest BCUT2D eigenvalue weighted by Crippen LogP contribution is 2.27. The first kappa shape index (κ1) is 19.2. The molecule has 0 radical (unpaired) electrons. The van der Waals surface area contributed by atoms with E-state index < -0.39 is 0 Å². The number of fused-ring (bicyclic) bond motifs is 1. The van der Waals surface area contributed by atoms with Crippen LogP contribution in [0.2, 0.25) is 0 Å². The van der Waals surface area contributed by atoms with Crippen molar-refractivity contribution in [3.05, 3.63) is 71.1 Å². The molecule has 1 N–H and O–H groups in total. The smallest absolute Gasteiger partial charge is 0.220 e. The maximum Gasteiger partial charge on any atom is 0.220 e. The Hall–Kier alpha value is -2.17. The number of nitrogens with zero attached hydrogens (tertiary/aromatic N) is 1. The second-order valence-electron chi connectivity index (χ2n) is 7.78. The van der Waals surface area contributed by atoms with Gasteiger partial charge in [-0.2, -0.15) is 0 Å². The minimum Gasteiger partial charge on any atom is -0.356 e. The summed E-state index contributed by atoms with van der Waals surface area (Å²) >= 11 is 1.90. The summed E-state index contributed by atoms with van der Waals surface area (Å²) in [6.07, 6.45) is 3.81. The van der Waals surface area contributed by atoms with Crippen LogP contribution in [-0.4, -0.2) is 30.4 Å². The number of hydrogen-bond acceptors (Lipinski definition) is 3. The van der Waals surface area contributed by atoms with Gasteiger partial charge in [-0.3, -0.25) is 9.69 Å². The molecule has 0 spiro atoms. The quantitative estimate of drug-likeness (QED) is 0.623. The predicted molar refractivity (Wildman–Crippen MR) is 118 cm³/mol. The van der Waals surface area contributed by atoms with Gasteiger partial charge >= 0.3 is 0 Å². The van der Waals surface area contributed by atoms with E-state index in [1.54, 1.807) is 0 Å². The molecule has 2 aromatic carbocycles. The molecular formula is C24H28N2OS. The van der Waals surface area contributed by atoms with Crippen LogP contribution in [0.3, 0.4) is 0 Å². The van der Waals surface area contributed by atoms with E-state index in [1.165, 1.54) is 33.4 Å². The Morgan fingerprint density at radius 3 is 2.79 bits per heavy atom. The van der Waals surface area contributed by atoms with E-state index in [9.17, 15) is 4.79 Å². The molecule has 4 rings (SSSR count). The lowest BCUT2D eigenvalue weighted by molar-refractivity contribution is -0.121. The summed E-state index contributed by atoms with van der Waals surface area (Å²) in [7, 11) is 0. The molecule has 1 amide bonds. The zero-order valence-corrected chi connectivity index (χ0v) is 17.1. The Morgan fingerprint density at radius 2 is 1.93 bits per heavy atom. The number of carbonyl (C=O) groups is 1. The van der Waals surface area contributed by atoms with Crippen molar-refractivity contribution in [3.8, 4) is 0 Å². The third-order valence-corrected chi connectivity index (χ3v) is 6.63. The Labute approximate surface area is 171 Å². The Morgan fingerprint density at radius 1 is 1.11 bits per heavy atom. The highest BCUT2D eigenvalue weighted by atomic mass is 32.1. The molecule has 28 heavy (non-hydrogen) atoms. The van der Waals surface area contributed by atoms with Gasteiger partial charge in [0.15, 0.2) is 0 Å². The number of piperidine rings is 1. The van der Waals surface area contributed by atoms with Gasteiger partial charge in [-0.05, 0) is 54.8 Å². The molecule has 2 heterocycles. The first-order chi connectivity index (χ1) is 13.8. The zero-order valence-electron chi connectivity index (χ0n) is 16.3. The fourth-order valence-corrected chi connectivity index (χ4v) is 5.15. The molecule has 1 saturated heterocycles. The minimum atomic E-state index is 0.172. The molecule has 1 unspecified atom stereocenters. The molecule has 4 heteroatoms. The number of nitrogens with one attached hydrogen (secondary N) is 1. The van der Waals surface area contributed by atoms with Gasteiger partial charge in [0.1, 0.15) is 0 Å². The SMILES string of the molecule is O=C(CCc1ccccc1)NCC1CCCN(Cc2cc3ccccc3s2)C1. The molecule has 3 nitrogen and oxygen atoms in total. The van der Waals surface area contributed by atoms with Crippen LogP contribution in [0.25, 0.3) is 10.1 Å². The highest BCUT2D eigenvalue weighted by molar-refractivity contribution is 7.19. The number of likely N-dealkylation sites (tertiary alicyclic amines) is 1. The second-order valence-corrected chi connectivity index (χ2v) is 8.95. The fraction of sp³-hybridized carbons (Fsp3) is 0.375. The summed E-state index contributed by atoms with van der Waals surface area (Å²) in [5.41, 5.74) is 1.23. The molecule has 0 bridgehead atoms. The van der Waals surface area contributed by atoms with Crippen LogP contribution >= 0.6 is 11.3 Å². The lowest BCUT2D eigenvalue weighted by Gasteiger charge is -2.32. The molecule has 3 aromatic rings. The number of benzene rings is 2. The van der Waals surface area contributed by atoms with Crippen molar-refractivity contribution >= 4 is 27.3 Å². The predicted octanol–water partition coefficient (Wildman–Crippen LogP) is 4.86. The van der Waals surface area contributed by atoms with E-state index in [1.807, 2.05) is 29.5 Å². The van der Waals surface area contributed by atoms with Crippen molar-refractivity contribution < 1.29 is 4.79 Å². The van der Waals surface area contributed by atoms with Gasteiger partial charge < -0.3 is 5.32 Å². The number of rotatable bonds is 7.